The van der Waals surface area contributed by atoms with Crippen molar-refractivity contribution in [2.45, 2.75) is 12.8 Å². The molecule has 2 aromatic heterocycles. The van der Waals surface area contributed by atoms with Crippen LogP contribution in [0.25, 0.3) is 11.5 Å². The average Bonchev–Trinajstić information content (AvgIpc) is 3.25. The highest BCUT2D eigenvalue weighted by molar-refractivity contribution is 7.08. The number of amides is 2. The van der Waals surface area contributed by atoms with Crippen LogP contribution in [0.4, 0.5) is 5.69 Å². The molecular weight excluding hydrogens is 328 g/mol. The number of aromatic nitrogens is 2. The van der Waals surface area contributed by atoms with Gasteiger partial charge in [0.1, 0.15) is 0 Å². The molecule has 0 aliphatic heterocycles. The topological polar surface area (TPSA) is 111 Å². The Hall–Kier alpha value is -3.00. The van der Waals surface area contributed by atoms with Crippen LogP contribution in [0.5, 0.6) is 0 Å². The number of aryl methyl sites for hydroxylation is 1. The van der Waals surface area contributed by atoms with Gasteiger partial charge in [0.15, 0.2) is 0 Å². The Morgan fingerprint density at radius 1 is 1.17 bits per heavy atom. The van der Waals surface area contributed by atoms with Gasteiger partial charge in [-0.2, -0.15) is 11.3 Å². The fraction of sp³-hybridized carbons (Fsp3) is 0.125. The minimum atomic E-state index is -0.509. The van der Waals surface area contributed by atoms with Crippen LogP contribution in [0.1, 0.15) is 22.7 Å². The summed E-state index contributed by atoms with van der Waals surface area (Å²) in [6, 6.07) is 8.26. The van der Waals surface area contributed by atoms with Crippen molar-refractivity contribution in [2.24, 2.45) is 5.73 Å². The molecule has 3 N–H and O–H groups in total. The Morgan fingerprint density at radius 3 is 2.62 bits per heavy atom. The zero-order valence-corrected chi connectivity index (χ0v) is 13.4. The fourth-order valence-electron chi connectivity index (χ4n) is 2.02. The predicted molar refractivity (Wildman–Crippen MR) is 89.5 cm³/mol. The van der Waals surface area contributed by atoms with Crippen molar-refractivity contribution in [1.29, 1.82) is 0 Å². The number of primary amides is 1. The lowest BCUT2D eigenvalue weighted by Crippen LogP contribution is -2.13. The number of hydrogen-bond acceptors (Lipinski definition) is 6. The highest BCUT2D eigenvalue weighted by atomic mass is 32.1. The molecule has 0 bridgehead atoms. The highest BCUT2D eigenvalue weighted by Crippen LogP contribution is 2.20. The summed E-state index contributed by atoms with van der Waals surface area (Å²) in [5, 5.41) is 14.5. The summed E-state index contributed by atoms with van der Waals surface area (Å²) in [7, 11) is 0. The summed E-state index contributed by atoms with van der Waals surface area (Å²) in [5.41, 5.74) is 7.02. The van der Waals surface area contributed by atoms with E-state index in [1.54, 1.807) is 35.6 Å². The molecule has 7 nitrogen and oxygen atoms in total. The lowest BCUT2D eigenvalue weighted by molar-refractivity contribution is -0.116. The maximum absolute atomic E-state index is 11.9. The van der Waals surface area contributed by atoms with Gasteiger partial charge < -0.3 is 15.5 Å². The molecule has 0 saturated heterocycles. The van der Waals surface area contributed by atoms with Gasteiger partial charge in [-0.15, -0.1) is 10.2 Å². The van der Waals surface area contributed by atoms with Crippen molar-refractivity contribution in [1.82, 2.24) is 10.2 Å². The molecule has 3 aromatic rings. The van der Waals surface area contributed by atoms with Crippen LogP contribution in [0.15, 0.2) is 45.5 Å². The first kappa shape index (κ1) is 15.9. The summed E-state index contributed by atoms with van der Waals surface area (Å²) in [5.74, 6) is 0.173. The Labute approximate surface area is 141 Å². The van der Waals surface area contributed by atoms with Crippen molar-refractivity contribution in [3.05, 3.63) is 52.5 Å². The van der Waals surface area contributed by atoms with Gasteiger partial charge in [-0.1, -0.05) is 0 Å². The number of benzene rings is 1. The zero-order chi connectivity index (χ0) is 16.9. The molecule has 0 radical (unpaired) electrons. The fourth-order valence-corrected chi connectivity index (χ4v) is 2.65. The van der Waals surface area contributed by atoms with Crippen LogP contribution in [-0.2, 0) is 11.2 Å². The number of rotatable bonds is 6. The van der Waals surface area contributed by atoms with Crippen molar-refractivity contribution >= 4 is 28.8 Å². The Morgan fingerprint density at radius 2 is 1.96 bits per heavy atom. The van der Waals surface area contributed by atoms with Gasteiger partial charge in [0.05, 0.1) is 0 Å². The average molecular weight is 342 g/mol. The van der Waals surface area contributed by atoms with E-state index in [4.69, 9.17) is 10.2 Å². The van der Waals surface area contributed by atoms with Gasteiger partial charge in [-0.25, -0.2) is 0 Å². The van der Waals surface area contributed by atoms with Crippen LogP contribution < -0.4 is 11.1 Å². The van der Waals surface area contributed by atoms with Crippen LogP contribution in [0, 0.1) is 0 Å². The van der Waals surface area contributed by atoms with Crippen LogP contribution in [-0.4, -0.2) is 22.0 Å². The first-order valence-electron chi connectivity index (χ1n) is 7.16. The molecule has 122 valence electrons. The van der Waals surface area contributed by atoms with Crippen LogP contribution in [0.2, 0.25) is 0 Å². The summed E-state index contributed by atoms with van der Waals surface area (Å²) in [6.07, 6.45) is 0.561. The van der Waals surface area contributed by atoms with E-state index in [0.717, 1.165) is 5.56 Å². The van der Waals surface area contributed by atoms with Gasteiger partial charge in [0.2, 0.25) is 23.6 Å². The largest absolute Gasteiger partial charge is 0.421 e. The number of carbonyl (C=O) groups excluding carboxylic acids is 2. The van der Waals surface area contributed by atoms with E-state index in [1.807, 2.05) is 16.8 Å². The first-order chi connectivity index (χ1) is 11.6. The minimum Gasteiger partial charge on any atom is -0.421 e. The molecule has 0 unspecified atom stereocenters. The van der Waals surface area contributed by atoms with E-state index in [2.05, 4.69) is 15.5 Å². The van der Waals surface area contributed by atoms with Crippen molar-refractivity contribution in [3.63, 3.8) is 0 Å². The molecule has 24 heavy (non-hydrogen) atoms. The van der Waals surface area contributed by atoms with E-state index in [1.165, 1.54) is 0 Å². The van der Waals surface area contributed by atoms with E-state index in [-0.39, 0.29) is 12.3 Å². The lowest BCUT2D eigenvalue weighted by Gasteiger charge is -2.04. The third kappa shape index (κ3) is 3.85. The molecule has 0 aliphatic carbocycles. The van der Waals surface area contributed by atoms with Crippen molar-refractivity contribution in [2.75, 3.05) is 5.32 Å². The number of nitrogens with one attached hydrogen (secondary N) is 1. The highest BCUT2D eigenvalue weighted by Gasteiger charge is 2.11. The third-order valence-corrected chi connectivity index (χ3v) is 3.94. The van der Waals surface area contributed by atoms with E-state index in [0.29, 0.717) is 29.5 Å². The second-order valence-electron chi connectivity index (χ2n) is 5.00. The molecule has 0 spiro atoms. The molecule has 3 rings (SSSR count). The SMILES string of the molecule is NC(=O)c1ccc(NC(=O)CCc2nnc(-c3ccsc3)o2)cc1. The van der Waals surface area contributed by atoms with Gasteiger partial charge in [0.25, 0.3) is 0 Å². The first-order valence-corrected chi connectivity index (χ1v) is 8.11. The number of nitrogens with zero attached hydrogens (tertiary/aromatic N) is 2. The Bertz CT molecular complexity index is 841. The Kier molecular flexibility index (Phi) is 4.66. The molecule has 0 atom stereocenters. The molecule has 0 saturated carbocycles. The number of thiophene rings is 1. The second-order valence-corrected chi connectivity index (χ2v) is 5.78. The molecule has 1 aromatic carbocycles. The van der Waals surface area contributed by atoms with Gasteiger partial charge in [-0.05, 0) is 35.7 Å². The smallest absolute Gasteiger partial charge is 0.248 e. The molecule has 8 heteroatoms. The van der Waals surface area contributed by atoms with E-state index >= 15 is 0 Å². The van der Waals surface area contributed by atoms with Crippen LogP contribution in [0.3, 0.4) is 0 Å². The maximum atomic E-state index is 11.9. The van der Waals surface area contributed by atoms with Gasteiger partial charge >= 0.3 is 0 Å². The van der Waals surface area contributed by atoms with E-state index in [9.17, 15) is 9.59 Å². The summed E-state index contributed by atoms with van der Waals surface area (Å²) in [4.78, 5) is 22.9. The summed E-state index contributed by atoms with van der Waals surface area (Å²) in [6.45, 7) is 0. The normalized spacial score (nSPS) is 10.5. The molecule has 0 fully saturated rings. The van der Waals surface area contributed by atoms with Crippen molar-refractivity contribution in [3.8, 4) is 11.5 Å². The second kappa shape index (κ2) is 7.05. The number of anilines is 1. The molecular formula is C16H14N4O3S. The van der Waals surface area contributed by atoms with Gasteiger partial charge in [0, 0.05) is 35.0 Å². The van der Waals surface area contributed by atoms with E-state index < -0.39 is 5.91 Å². The molecule has 0 aliphatic rings. The summed E-state index contributed by atoms with van der Waals surface area (Å²) < 4.78 is 5.52. The summed E-state index contributed by atoms with van der Waals surface area (Å²) >= 11 is 1.55. The van der Waals surface area contributed by atoms with Crippen molar-refractivity contribution < 1.29 is 14.0 Å². The number of nitrogens with two attached hydrogens (primary N) is 1. The maximum Gasteiger partial charge on any atom is 0.248 e. The monoisotopic (exact) mass is 342 g/mol. The quantitative estimate of drug-likeness (QED) is 0.715. The Balaban J connectivity index is 1.53. The zero-order valence-electron chi connectivity index (χ0n) is 12.6. The molecule has 2 amide bonds. The van der Waals surface area contributed by atoms with Crippen LogP contribution >= 0.6 is 11.3 Å². The minimum absolute atomic E-state index is 0.183. The van der Waals surface area contributed by atoms with Gasteiger partial charge in [-0.3, -0.25) is 9.59 Å². The number of carbonyl (C=O) groups is 2. The number of hydrogen-bond donors (Lipinski definition) is 2. The third-order valence-electron chi connectivity index (χ3n) is 3.25. The standard InChI is InChI=1S/C16H14N4O3S/c17-15(22)10-1-3-12(4-2-10)18-13(21)5-6-14-19-20-16(23-14)11-7-8-24-9-11/h1-4,7-9H,5-6H2,(H2,17,22)(H,18,21). The predicted octanol–water partition coefficient (Wildman–Crippen LogP) is 2.47. The molecule has 2 heterocycles. The lowest BCUT2D eigenvalue weighted by atomic mass is 10.2.